The fourth-order valence-corrected chi connectivity index (χ4v) is 5.30. The zero-order valence-electron chi connectivity index (χ0n) is 21.4. The molecule has 2 amide bonds. The first-order valence-corrected chi connectivity index (χ1v) is 12.6. The lowest BCUT2D eigenvalue weighted by Crippen LogP contribution is -2.62. The minimum atomic E-state index is -1.12. The highest BCUT2D eigenvalue weighted by atomic mass is 35.5. The van der Waals surface area contributed by atoms with Crippen LogP contribution in [0.2, 0.25) is 5.02 Å². The summed E-state index contributed by atoms with van der Waals surface area (Å²) in [7, 11) is 0. The van der Waals surface area contributed by atoms with Gasteiger partial charge in [0, 0.05) is 48.2 Å². The fraction of sp³-hybridized carbons (Fsp3) is 0.538. The van der Waals surface area contributed by atoms with E-state index in [1.807, 2.05) is 39.8 Å². The molecule has 1 N–H and O–H groups in total. The summed E-state index contributed by atoms with van der Waals surface area (Å²) in [6.07, 6.45) is 0.633. The number of ether oxygens (including phenoxy) is 1. The van der Waals surface area contributed by atoms with E-state index in [2.05, 4.69) is 21.8 Å². The molecule has 1 fully saturated rings. The summed E-state index contributed by atoms with van der Waals surface area (Å²) < 4.78 is 5.76. The average Bonchev–Trinajstić information content (AvgIpc) is 3.19. The second-order valence-corrected chi connectivity index (χ2v) is 10.9. The Morgan fingerprint density at radius 3 is 2.50 bits per heavy atom. The van der Waals surface area contributed by atoms with Crippen LogP contribution in [0, 0.1) is 0 Å². The lowest BCUT2D eigenvalue weighted by Gasteiger charge is -2.45. The highest BCUT2D eigenvalue weighted by Crippen LogP contribution is 2.36. The second kappa shape index (κ2) is 10.2. The van der Waals surface area contributed by atoms with Gasteiger partial charge in [0.2, 0.25) is 5.91 Å². The number of anilines is 1. The number of piperazine rings is 1. The van der Waals surface area contributed by atoms with Gasteiger partial charge in [-0.3, -0.25) is 9.69 Å². The number of hydrogen-bond donors (Lipinski definition) is 1. The smallest absolute Gasteiger partial charge is 0.408 e. The first-order valence-electron chi connectivity index (χ1n) is 12.2. The highest BCUT2D eigenvalue weighted by molar-refractivity contribution is 6.30. The lowest BCUT2D eigenvalue weighted by molar-refractivity contribution is -0.139. The predicted octanol–water partition coefficient (Wildman–Crippen LogP) is 4.15. The van der Waals surface area contributed by atoms with Crippen LogP contribution >= 0.6 is 11.6 Å². The van der Waals surface area contributed by atoms with E-state index >= 15 is 0 Å². The largest absolute Gasteiger partial charge is 0.465 e. The molecule has 9 nitrogen and oxygen atoms in total. The van der Waals surface area contributed by atoms with E-state index in [0.29, 0.717) is 31.3 Å². The third-order valence-corrected chi connectivity index (χ3v) is 7.15. The molecule has 0 bridgehead atoms. The Kier molecular flexibility index (Phi) is 7.43. The Morgan fingerprint density at radius 2 is 1.89 bits per heavy atom. The van der Waals surface area contributed by atoms with Crippen LogP contribution in [0.5, 0.6) is 0 Å². The van der Waals surface area contributed by atoms with Gasteiger partial charge in [0.25, 0.3) is 0 Å². The predicted molar refractivity (Wildman–Crippen MR) is 137 cm³/mol. The number of carbonyl (C=O) groups excluding carboxylic acids is 1. The molecule has 0 saturated carbocycles. The van der Waals surface area contributed by atoms with Crippen molar-refractivity contribution in [1.29, 1.82) is 0 Å². The molecule has 1 saturated heterocycles. The van der Waals surface area contributed by atoms with Crippen molar-refractivity contribution in [3.8, 4) is 0 Å². The van der Waals surface area contributed by atoms with E-state index in [0.717, 1.165) is 22.6 Å². The van der Waals surface area contributed by atoms with Crippen LogP contribution in [0.4, 0.5) is 10.6 Å². The molecule has 10 heteroatoms. The van der Waals surface area contributed by atoms with E-state index < -0.39 is 17.7 Å². The number of halogens is 1. The van der Waals surface area contributed by atoms with Gasteiger partial charge in [-0.1, -0.05) is 23.7 Å². The van der Waals surface area contributed by atoms with Crippen molar-refractivity contribution in [2.45, 2.75) is 71.4 Å². The summed E-state index contributed by atoms with van der Waals surface area (Å²) >= 11 is 6.04. The first kappa shape index (κ1) is 26.2. The van der Waals surface area contributed by atoms with Gasteiger partial charge in [-0.25, -0.2) is 14.8 Å². The van der Waals surface area contributed by atoms with Gasteiger partial charge in [-0.2, -0.15) is 0 Å². The molecular weight excluding hydrogens is 482 g/mol. The van der Waals surface area contributed by atoms with Crippen molar-refractivity contribution < 1.29 is 19.4 Å². The SMILES string of the molecule is CC1OCc2ncnc(N3CCN(C(=O)[C@@H](Cc4ccc(Cl)cc4)N(C(=O)O)C(C)(C)C)C[C@@H]3C)c21. The van der Waals surface area contributed by atoms with Crippen LogP contribution in [0.15, 0.2) is 30.6 Å². The van der Waals surface area contributed by atoms with Crippen molar-refractivity contribution in [3.05, 3.63) is 52.4 Å². The molecule has 2 aromatic rings. The van der Waals surface area contributed by atoms with Crippen molar-refractivity contribution in [2.24, 2.45) is 0 Å². The monoisotopic (exact) mass is 515 g/mol. The number of amides is 2. The molecule has 0 aliphatic carbocycles. The van der Waals surface area contributed by atoms with Gasteiger partial charge in [-0.05, 0) is 52.3 Å². The van der Waals surface area contributed by atoms with Crippen molar-refractivity contribution in [2.75, 3.05) is 24.5 Å². The summed E-state index contributed by atoms with van der Waals surface area (Å²) in [6.45, 7) is 11.5. The van der Waals surface area contributed by atoms with Crippen molar-refractivity contribution in [3.63, 3.8) is 0 Å². The molecule has 1 unspecified atom stereocenters. The average molecular weight is 516 g/mol. The first-order chi connectivity index (χ1) is 17.0. The molecule has 1 aromatic heterocycles. The summed E-state index contributed by atoms with van der Waals surface area (Å²) in [5.41, 5.74) is 2.01. The highest BCUT2D eigenvalue weighted by Gasteiger charge is 2.41. The number of benzene rings is 1. The van der Waals surface area contributed by atoms with Crippen LogP contribution in [0.1, 0.15) is 57.5 Å². The maximum Gasteiger partial charge on any atom is 0.408 e. The zero-order chi connectivity index (χ0) is 26.2. The van der Waals surface area contributed by atoms with Crippen LogP contribution < -0.4 is 4.90 Å². The number of carbonyl (C=O) groups is 2. The van der Waals surface area contributed by atoms with Crippen molar-refractivity contribution >= 4 is 29.4 Å². The maximum atomic E-state index is 13.9. The zero-order valence-corrected chi connectivity index (χ0v) is 22.2. The second-order valence-electron chi connectivity index (χ2n) is 10.5. The topological polar surface area (TPSA) is 99.1 Å². The molecule has 1 aromatic carbocycles. The molecule has 36 heavy (non-hydrogen) atoms. The number of hydrogen-bond acceptors (Lipinski definition) is 6. The number of carboxylic acid groups (broad SMARTS) is 1. The van der Waals surface area contributed by atoms with Crippen LogP contribution in [-0.2, 0) is 22.6 Å². The molecular formula is C26H34ClN5O4. The number of nitrogens with zero attached hydrogens (tertiary/aromatic N) is 5. The fourth-order valence-electron chi connectivity index (χ4n) is 5.17. The molecule has 3 heterocycles. The summed E-state index contributed by atoms with van der Waals surface area (Å²) in [5, 5.41) is 10.7. The molecule has 0 radical (unpaired) electrons. The quantitative estimate of drug-likeness (QED) is 0.638. The molecule has 4 rings (SSSR count). The number of fused-ring (bicyclic) bond motifs is 1. The number of aromatic nitrogens is 2. The normalized spacial score (nSPS) is 20.7. The van der Waals surface area contributed by atoms with Gasteiger partial charge < -0.3 is 19.6 Å². The minimum Gasteiger partial charge on any atom is -0.465 e. The van der Waals surface area contributed by atoms with Gasteiger partial charge in [-0.15, -0.1) is 0 Å². The molecule has 0 spiro atoms. The van der Waals surface area contributed by atoms with Crippen LogP contribution in [0.25, 0.3) is 0 Å². The Labute approximate surface area is 217 Å². The van der Waals surface area contributed by atoms with Crippen LogP contribution in [-0.4, -0.2) is 74.1 Å². The van der Waals surface area contributed by atoms with E-state index in [1.54, 1.807) is 23.4 Å². The molecule has 2 aliphatic heterocycles. The van der Waals surface area contributed by atoms with E-state index in [9.17, 15) is 14.7 Å². The van der Waals surface area contributed by atoms with E-state index in [4.69, 9.17) is 16.3 Å². The Balaban J connectivity index is 1.58. The van der Waals surface area contributed by atoms with E-state index in [-0.39, 0.29) is 24.5 Å². The minimum absolute atomic E-state index is 0.0152. The van der Waals surface area contributed by atoms with Crippen molar-refractivity contribution in [1.82, 2.24) is 19.8 Å². The standard InChI is InChI=1S/C26H34ClN5O4/c1-16-13-30(10-11-31(16)23-22-17(2)36-14-20(22)28-15-29-23)24(33)21(32(25(34)35)26(3,4)5)12-18-6-8-19(27)9-7-18/h6-9,15-17,21H,10-14H2,1-5H3,(H,34,35)/t16-,17?,21+/m0/s1. The summed E-state index contributed by atoms with van der Waals surface area (Å²) in [6, 6.07) is 6.31. The Hall–Kier alpha value is -2.91. The Morgan fingerprint density at radius 1 is 1.19 bits per heavy atom. The molecule has 3 atom stereocenters. The molecule has 194 valence electrons. The van der Waals surface area contributed by atoms with Gasteiger partial charge in [0.05, 0.1) is 18.4 Å². The Bertz CT molecular complexity index is 1120. The van der Waals surface area contributed by atoms with Gasteiger partial charge in [0.15, 0.2) is 0 Å². The van der Waals surface area contributed by atoms with Crippen LogP contribution in [0.3, 0.4) is 0 Å². The summed E-state index contributed by atoms with van der Waals surface area (Å²) in [5.74, 6) is 0.655. The summed E-state index contributed by atoms with van der Waals surface area (Å²) in [4.78, 5) is 40.5. The lowest BCUT2D eigenvalue weighted by atomic mass is 9.97. The van der Waals surface area contributed by atoms with Gasteiger partial charge in [0.1, 0.15) is 18.2 Å². The third kappa shape index (κ3) is 5.27. The van der Waals surface area contributed by atoms with E-state index in [1.165, 1.54) is 4.90 Å². The maximum absolute atomic E-state index is 13.9. The molecule has 2 aliphatic rings. The van der Waals surface area contributed by atoms with Gasteiger partial charge >= 0.3 is 6.09 Å². The third-order valence-electron chi connectivity index (χ3n) is 6.90. The number of rotatable bonds is 5.